The predicted molar refractivity (Wildman–Crippen MR) is 88.1 cm³/mol. The second-order valence-corrected chi connectivity index (χ2v) is 7.82. The summed E-state index contributed by atoms with van der Waals surface area (Å²) in [7, 11) is -3.01. The Balaban J connectivity index is 2.01. The maximum absolute atomic E-state index is 12.5. The van der Waals surface area contributed by atoms with Crippen molar-refractivity contribution in [2.75, 3.05) is 23.8 Å². The van der Waals surface area contributed by atoms with Gasteiger partial charge in [-0.25, -0.2) is 8.42 Å². The zero-order valence-corrected chi connectivity index (χ0v) is 13.4. The number of nitrogens with zero attached hydrogens (tertiary/aromatic N) is 1. The number of rotatable bonds is 6. The quantitative estimate of drug-likeness (QED) is 0.634. The van der Waals surface area contributed by atoms with E-state index in [-0.39, 0.29) is 23.5 Å². The van der Waals surface area contributed by atoms with Crippen molar-refractivity contribution in [2.24, 2.45) is 0 Å². The van der Waals surface area contributed by atoms with Gasteiger partial charge in [0.25, 0.3) is 0 Å². The van der Waals surface area contributed by atoms with Gasteiger partial charge in [-0.3, -0.25) is 4.79 Å². The highest BCUT2D eigenvalue weighted by molar-refractivity contribution is 7.91. The van der Waals surface area contributed by atoms with Crippen LogP contribution >= 0.6 is 0 Å². The molecule has 0 saturated carbocycles. The van der Waals surface area contributed by atoms with Gasteiger partial charge < -0.3 is 10.6 Å². The summed E-state index contributed by atoms with van der Waals surface area (Å²) >= 11 is 0. The van der Waals surface area contributed by atoms with Crippen molar-refractivity contribution in [1.82, 2.24) is 4.90 Å². The first kappa shape index (κ1) is 16.5. The molecule has 2 rings (SSSR count). The van der Waals surface area contributed by atoms with Gasteiger partial charge in [-0.2, -0.15) is 0 Å². The monoisotopic (exact) mass is 322 g/mol. The largest absolute Gasteiger partial charge is 0.399 e. The summed E-state index contributed by atoms with van der Waals surface area (Å²) < 4.78 is 23.2. The number of hydrogen-bond donors (Lipinski definition) is 1. The van der Waals surface area contributed by atoms with Gasteiger partial charge in [-0.1, -0.05) is 24.3 Å². The van der Waals surface area contributed by atoms with Crippen LogP contribution in [0.25, 0.3) is 0 Å². The predicted octanol–water partition coefficient (Wildman–Crippen LogP) is 1.40. The molecule has 1 amide bonds. The third kappa shape index (κ3) is 4.10. The SMILES string of the molecule is C=CCN(C(=O)CCc1ccccc1N)C1CCS(=O)(=O)C1. The van der Waals surface area contributed by atoms with Gasteiger partial charge >= 0.3 is 0 Å². The molecule has 1 unspecified atom stereocenters. The number of amides is 1. The summed E-state index contributed by atoms with van der Waals surface area (Å²) in [5, 5.41) is 0. The van der Waals surface area contributed by atoms with Crippen molar-refractivity contribution < 1.29 is 13.2 Å². The number of nitrogens with two attached hydrogens (primary N) is 1. The maximum atomic E-state index is 12.5. The Morgan fingerprint density at radius 3 is 2.73 bits per heavy atom. The van der Waals surface area contributed by atoms with Gasteiger partial charge in [-0.15, -0.1) is 6.58 Å². The van der Waals surface area contributed by atoms with Crippen molar-refractivity contribution in [3.8, 4) is 0 Å². The van der Waals surface area contributed by atoms with Crippen molar-refractivity contribution >= 4 is 21.4 Å². The summed E-state index contributed by atoms with van der Waals surface area (Å²) in [5.41, 5.74) is 7.49. The summed E-state index contributed by atoms with van der Waals surface area (Å²) in [6.07, 6.45) is 3.02. The number of nitrogen functional groups attached to an aromatic ring is 1. The van der Waals surface area contributed by atoms with Crippen LogP contribution in [0.3, 0.4) is 0 Å². The van der Waals surface area contributed by atoms with Crippen LogP contribution in [0.5, 0.6) is 0 Å². The van der Waals surface area contributed by atoms with Crippen LogP contribution in [0.4, 0.5) is 5.69 Å². The van der Waals surface area contributed by atoms with Crippen molar-refractivity contribution in [2.45, 2.75) is 25.3 Å². The Morgan fingerprint density at radius 1 is 1.41 bits per heavy atom. The third-order valence-electron chi connectivity index (χ3n) is 3.96. The van der Waals surface area contributed by atoms with Gasteiger partial charge in [0.15, 0.2) is 9.84 Å². The van der Waals surface area contributed by atoms with Crippen molar-refractivity contribution in [3.63, 3.8) is 0 Å². The maximum Gasteiger partial charge on any atom is 0.223 e. The number of para-hydroxylation sites is 1. The fourth-order valence-corrected chi connectivity index (χ4v) is 4.49. The van der Waals surface area contributed by atoms with E-state index in [1.807, 2.05) is 24.3 Å². The molecule has 0 radical (unpaired) electrons. The molecule has 0 bridgehead atoms. The van der Waals surface area contributed by atoms with E-state index in [4.69, 9.17) is 5.73 Å². The average molecular weight is 322 g/mol. The van der Waals surface area contributed by atoms with Crippen LogP contribution < -0.4 is 5.73 Å². The average Bonchev–Trinajstić information content (AvgIpc) is 2.83. The lowest BCUT2D eigenvalue weighted by Crippen LogP contribution is -2.41. The molecule has 0 aliphatic carbocycles. The minimum Gasteiger partial charge on any atom is -0.399 e. The van der Waals surface area contributed by atoms with Crippen LogP contribution in [-0.4, -0.2) is 43.3 Å². The first-order valence-corrected chi connectivity index (χ1v) is 9.19. The molecule has 1 fully saturated rings. The molecule has 2 N–H and O–H groups in total. The number of hydrogen-bond acceptors (Lipinski definition) is 4. The van der Waals surface area contributed by atoms with E-state index in [0.29, 0.717) is 31.5 Å². The second kappa shape index (κ2) is 6.96. The van der Waals surface area contributed by atoms with Crippen LogP contribution in [0.15, 0.2) is 36.9 Å². The fraction of sp³-hybridized carbons (Fsp3) is 0.438. The van der Waals surface area contributed by atoms with Gasteiger partial charge in [0.1, 0.15) is 0 Å². The van der Waals surface area contributed by atoms with Crippen molar-refractivity contribution in [3.05, 3.63) is 42.5 Å². The van der Waals surface area contributed by atoms with E-state index in [1.54, 1.807) is 11.0 Å². The molecular weight excluding hydrogens is 300 g/mol. The lowest BCUT2D eigenvalue weighted by molar-refractivity contribution is -0.132. The summed E-state index contributed by atoms with van der Waals surface area (Å²) in [6, 6.07) is 7.23. The molecule has 5 nitrogen and oxygen atoms in total. The topological polar surface area (TPSA) is 80.5 Å². The highest BCUT2D eigenvalue weighted by atomic mass is 32.2. The molecule has 1 aliphatic heterocycles. The molecule has 1 atom stereocenters. The molecule has 1 aromatic carbocycles. The zero-order chi connectivity index (χ0) is 16.2. The lowest BCUT2D eigenvalue weighted by atomic mass is 10.1. The first-order chi connectivity index (χ1) is 10.4. The molecule has 1 heterocycles. The van der Waals surface area contributed by atoms with Gasteiger partial charge in [0.2, 0.25) is 5.91 Å². The second-order valence-electron chi connectivity index (χ2n) is 5.59. The van der Waals surface area contributed by atoms with E-state index in [0.717, 1.165) is 5.56 Å². The zero-order valence-electron chi connectivity index (χ0n) is 12.6. The van der Waals surface area contributed by atoms with Gasteiger partial charge in [-0.05, 0) is 24.5 Å². The van der Waals surface area contributed by atoms with Crippen LogP contribution in [0.1, 0.15) is 18.4 Å². The Kier molecular flexibility index (Phi) is 5.24. The van der Waals surface area contributed by atoms with E-state index in [1.165, 1.54) is 0 Å². The highest BCUT2D eigenvalue weighted by Gasteiger charge is 2.33. The van der Waals surface area contributed by atoms with E-state index < -0.39 is 9.84 Å². The van der Waals surface area contributed by atoms with Crippen LogP contribution in [0.2, 0.25) is 0 Å². The minimum atomic E-state index is -3.01. The number of sulfone groups is 1. The van der Waals surface area contributed by atoms with E-state index in [9.17, 15) is 13.2 Å². The molecule has 1 aromatic rings. The number of anilines is 1. The molecular formula is C16H22N2O3S. The smallest absolute Gasteiger partial charge is 0.223 e. The number of carbonyl (C=O) groups is 1. The Bertz CT molecular complexity index is 655. The Morgan fingerprint density at radius 2 is 2.14 bits per heavy atom. The molecule has 22 heavy (non-hydrogen) atoms. The van der Waals surface area contributed by atoms with Crippen LogP contribution in [-0.2, 0) is 21.1 Å². The number of carbonyl (C=O) groups excluding carboxylic acids is 1. The molecule has 0 aromatic heterocycles. The summed E-state index contributed by atoms with van der Waals surface area (Å²) in [5.74, 6) is 0.162. The normalized spacial score (nSPS) is 19.7. The lowest BCUT2D eigenvalue weighted by Gasteiger charge is -2.27. The molecule has 6 heteroatoms. The Labute approximate surface area is 131 Å². The summed E-state index contributed by atoms with van der Waals surface area (Å²) in [4.78, 5) is 14.1. The van der Waals surface area contributed by atoms with Gasteiger partial charge in [0.05, 0.1) is 11.5 Å². The third-order valence-corrected chi connectivity index (χ3v) is 5.71. The first-order valence-electron chi connectivity index (χ1n) is 7.37. The molecule has 1 aliphatic rings. The van der Waals surface area contributed by atoms with Crippen molar-refractivity contribution in [1.29, 1.82) is 0 Å². The number of aryl methyl sites for hydroxylation is 1. The fourth-order valence-electron chi connectivity index (χ4n) is 2.76. The van der Waals surface area contributed by atoms with Gasteiger partial charge in [0, 0.05) is 24.7 Å². The number of benzene rings is 1. The summed E-state index contributed by atoms with van der Waals surface area (Å²) in [6.45, 7) is 4.04. The van der Waals surface area contributed by atoms with E-state index >= 15 is 0 Å². The van der Waals surface area contributed by atoms with Crippen LogP contribution in [0, 0.1) is 0 Å². The molecule has 1 saturated heterocycles. The Hall–Kier alpha value is -1.82. The minimum absolute atomic E-state index is 0.0507. The molecule has 120 valence electrons. The standard InChI is InChI=1S/C16H22N2O3S/c1-2-10-18(14-9-11-22(20,21)12-14)16(19)8-7-13-5-3-4-6-15(13)17/h2-6,14H,1,7-12,17H2. The van der Waals surface area contributed by atoms with E-state index in [2.05, 4.69) is 6.58 Å². The highest BCUT2D eigenvalue weighted by Crippen LogP contribution is 2.20. The molecule has 0 spiro atoms.